The Hall–Kier alpha value is -1.33. The van der Waals surface area contributed by atoms with Crippen molar-refractivity contribution in [3.05, 3.63) is 40.2 Å². The summed E-state index contributed by atoms with van der Waals surface area (Å²) in [5.41, 5.74) is 0.875. The first-order valence-corrected chi connectivity index (χ1v) is 6.64. The lowest BCUT2D eigenvalue weighted by atomic mass is 10.1. The third kappa shape index (κ3) is 2.15. The summed E-state index contributed by atoms with van der Waals surface area (Å²) >= 11 is 1.46. The Kier molecular flexibility index (Phi) is 3.09. The molecule has 2 aromatic rings. The van der Waals surface area contributed by atoms with Crippen molar-refractivity contribution in [3.8, 4) is 11.3 Å². The number of ether oxygens (including phenoxy) is 1. The summed E-state index contributed by atoms with van der Waals surface area (Å²) < 4.78 is 32.0. The number of hydrogen-bond donors (Lipinski definition) is 0. The van der Waals surface area contributed by atoms with Gasteiger partial charge in [0.05, 0.1) is 5.69 Å². The van der Waals surface area contributed by atoms with Crippen LogP contribution >= 0.6 is 11.3 Å². The van der Waals surface area contributed by atoms with Gasteiger partial charge in [0.15, 0.2) is 0 Å². The number of thiazole rings is 1. The number of aromatic nitrogens is 1. The minimum absolute atomic E-state index is 0.0345. The Morgan fingerprint density at radius 1 is 1.33 bits per heavy atom. The van der Waals surface area contributed by atoms with Gasteiger partial charge in [-0.25, -0.2) is 13.8 Å². The fourth-order valence-corrected chi connectivity index (χ4v) is 2.93. The average molecular weight is 267 g/mol. The van der Waals surface area contributed by atoms with Crippen molar-refractivity contribution in [2.24, 2.45) is 0 Å². The Morgan fingerprint density at radius 2 is 2.22 bits per heavy atom. The van der Waals surface area contributed by atoms with Crippen molar-refractivity contribution in [3.63, 3.8) is 0 Å². The van der Waals surface area contributed by atoms with Crippen LogP contribution in [0.2, 0.25) is 0 Å². The van der Waals surface area contributed by atoms with Gasteiger partial charge in [0.2, 0.25) is 0 Å². The van der Waals surface area contributed by atoms with Crippen LogP contribution in [0.4, 0.5) is 8.78 Å². The van der Waals surface area contributed by atoms with Gasteiger partial charge in [-0.1, -0.05) is 0 Å². The van der Waals surface area contributed by atoms with E-state index in [0.29, 0.717) is 11.3 Å². The molecule has 1 aromatic heterocycles. The fourth-order valence-electron chi connectivity index (χ4n) is 2.03. The molecule has 0 N–H and O–H groups in total. The predicted octanol–water partition coefficient (Wildman–Crippen LogP) is 3.94. The van der Waals surface area contributed by atoms with E-state index >= 15 is 0 Å². The first-order chi connectivity index (χ1) is 8.74. The molecule has 94 valence electrons. The van der Waals surface area contributed by atoms with E-state index in [2.05, 4.69) is 4.98 Å². The van der Waals surface area contributed by atoms with Gasteiger partial charge in [-0.2, -0.15) is 0 Å². The van der Waals surface area contributed by atoms with Gasteiger partial charge in [0, 0.05) is 23.6 Å². The molecule has 1 aromatic carbocycles. The molecule has 0 radical (unpaired) electrons. The predicted molar refractivity (Wildman–Crippen MR) is 65.4 cm³/mol. The van der Waals surface area contributed by atoms with Crippen LogP contribution in [0.1, 0.15) is 24.0 Å². The highest BCUT2D eigenvalue weighted by Crippen LogP contribution is 2.33. The highest BCUT2D eigenvalue weighted by molar-refractivity contribution is 7.10. The van der Waals surface area contributed by atoms with Gasteiger partial charge >= 0.3 is 0 Å². The van der Waals surface area contributed by atoms with E-state index < -0.39 is 11.6 Å². The minimum atomic E-state index is -0.584. The molecule has 0 saturated carbocycles. The normalized spacial score (nSPS) is 19.3. The van der Waals surface area contributed by atoms with E-state index in [1.54, 1.807) is 5.38 Å². The third-order valence-electron chi connectivity index (χ3n) is 2.93. The Labute approximate surface area is 107 Å². The molecule has 0 spiro atoms. The van der Waals surface area contributed by atoms with Crippen molar-refractivity contribution in [2.45, 2.75) is 18.9 Å². The molecule has 1 saturated heterocycles. The van der Waals surface area contributed by atoms with E-state index in [1.807, 2.05) is 0 Å². The van der Waals surface area contributed by atoms with E-state index in [9.17, 15) is 8.78 Å². The number of hydrogen-bond acceptors (Lipinski definition) is 3. The van der Waals surface area contributed by atoms with Crippen LogP contribution in [-0.2, 0) is 4.74 Å². The Bertz CT molecular complexity index is 564. The SMILES string of the molecule is Fc1ccc(-c2csc([C@H]3CCCO3)n2)c(F)c1. The second-order valence-corrected chi connectivity index (χ2v) is 5.09. The zero-order chi connectivity index (χ0) is 12.5. The average Bonchev–Trinajstić information content (AvgIpc) is 2.99. The fraction of sp³-hybridized carbons (Fsp3) is 0.308. The minimum Gasteiger partial charge on any atom is -0.371 e. The van der Waals surface area contributed by atoms with Gasteiger partial charge in [-0.3, -0.25) is 0 Å². The largest absolute Gasteiger partial charge is 0.371 e. The van der Waals surface area contributed by atoms with Crippen LogP contribution in [0, 0.1) is 11.6 Å². The van der Waals surface area contributed by atoms with E-state index in [0.717, 1.165) is 30.5 Å². The zero-order valence-corrected chi connectivity index (χ0v) is 10.3. The lowest BCUT2D eigenvalue weighted by molar-refractivity contribution is 0.112. The van der Waals surface area contributed by atoms with Crippen molar-refractivity contribution >= 4 is 11.3 Å². The molecular formula is C13H11F2NOS. The molecule has 0 aliphatic carbocycles. The maximum absolute atomic E-state index is 13.6. The number of benzene rings is 1. The highest BCUT2D eigenvalue weighted by Gasteiger charge is 2.21. The van der Waals surface area contributed by atoms with Gasteiger partial charge in [-0.15, -0.1) is 11.3 Å². The molecule has 2 nitrogen and oxygen atoms in total. The molecule has 0 amide bonds. The molecule has 0 unspecified atom stereocenters. The van der Waals surface area contributed by atoms with Crippen LogP contribution in [0.3, 0.4) is 0 Å². The summed E-state index contributed by atoms with van der Waals surface area (Å²) in [5, 5.41) is 2.65. The molecule has 2 heterocycles. The van der Waals surface area contributed by atoms with E-state index in [1.165, 1.54) is 23.5 Å². The van der Waals surface area contributed by atoms with E-state index in [4.69, 9.17) is 4.74 Å². The van der Waals surface area contributed by atoms with Crippen LogP contribution in [-0.4, -0.2) is 11.6 Å². The topological polar surface area (TPSA) is 22.1 Å². The van der Waals surface area contributed by atoms with Gasteiger partial charge in [-0.05, 0) is 25.0 Å². The number of nitrogens with zero attached hydrogens (tertiary/aromatic N) is 1. The van der Waals surface area contributed by atoms with Crippen LogP contribution in [0.25, 0.3) is 11.3 Å². The lowest BCUT2D eigenvalue weighted by Gasteiger charge is -2.04. The molecular weight excluding hydrogens is 256 g/mol. The summed E-state index contributed by atoms with van der Waals surface area (Å²) in [6.07, 6.45) is 2.02. The van der Waals surface area contributed by atoms with Crippen molar-refractivity contribution in [1.29, 1.82) is 0 Å². The second-order valence-electron chi connectivity index (χ2n) is 4.20. The summed E-state index contributed by atoms with van der Waals surface area (Å²) in [6.45, 7) is 0.754. The first kappa shape index (κ1) is 11.7. The van der Waals surface area contributed by atoms with Gasteiger partial charge < -0.3 is 4.74 Å². The monoisotopic (exact) mass is 267 g/mol. The Balaban J connectivity index is 1.92. The highest BCUT2D eigenvalue weighted by atomic mass is 32.1. The third-order valence-corrected chi connectivity index (χ3v) is 3.87. The first-order valence-electron chi connectivity index (χ1n) is 5.76. The zero-order valence-electron chi connectivity index (χ0n) is 9.53. The molecule has 0 bridgehead atoms. The van der Waals surface area contributed by atoms with Crippen LogP contribution in [0.15, 0.2) is 23.6 Å². The van der Waals surface area contributed by atoms with Gasteiger partial charge in [0.1, 0.15) is 22.7 Å². The second kappa shape index (κ2) is 4.74. The van der Waals surface area contributed by atoms with Crippen molar-refractivity contribution < 1.29 is 13.5 Å². The molecule has 5 heteroatoms. The lowest BCUT2D eigenvalue weighted by Crippen LogP contribution is -1.95. The number of halogens is 2. The quantitative estimate of drug-likeness (QED) is 0.822. The molecule has 1 aliphatic rings. The standard InChI is InChI=1S/C13H11F2NOS/c14-8-3-4-9(10(15)6-8)11-7-18-13(16-11)12-2-1-5-17-12/h3-4,6-7,12H,1-2,5H2/t12-/m1/s1. The maximum Gasteiger partial charge on any atom is 0.135 e. The van der Waals surface area contributed by atoms with Crippen LogP contribution in [0.5, 0.6) is 0 Å². The summed E-state index contributed by atoms with van der Waals surface area (Å²) in [6, 6.07) is 3.53. The van der Waals surface area contributed by atoms with Gasteiger partial charge in [0.25, 0.3) is 0 Å². The molecule has 3 rings (SSSR count). The van der Waals surface area contributed by atoms with Crippen LogP contribution < -0.4 is 0 Å². The molecule has 18 heavy (non-hydrogen) atoms. The van der Waals surface area contributed by atoms with Crippen molar-refractivity contribution in [1.82, 2.24) is 4.98 Å². The van der Waals surface area contributed by atoms with Crippen molar-refractivity contribution in [2.75, 3.05) is 6.61 Å². The Morgan fingerprint density at radius 3 is 2.94 bits per heavy atom. The molecule has 1 aliphatic heterocycles. The summed E-state index contributed by atoms with van der Waals surface area (Å²) in [4.78, 5) is 4.38. The molecule has 1 fully saturated rings. The smallest absolute Gasteiger partial charge is 0.135 e. The maximum atomic E-state index is 13.6. The van der Waals surface area contributed by atoms with E-state index in [-0.39, 0.29) is 6.10 Å². The number of rotatable bonds is 2. The summed E-state index contributed by atoms with van der Waals surface area (Å²) in [7, 11) is 0. The summed E-state index contributed by atoms with van der Waals surface area (Å²) in [5.74, 6) is -1.16. The molecule has 1 atom stereocenters.